The number of nitrogens with zero attached hydrogens (tertiary/aromatic N) is 3. The Bertz CT molecular complexity index is 1170. The highest BCUT2D eigenvalue weighted by molar-refractivity contribution is 6.17. The molecule has 0 unspecified atom stereocenters. The van der Waals surface area contributed by atoms with Crippen molar-refractivity contribution in [3.63, 3.8) is 0 Å². The van der Waals surface area contributed by atoms with Gasteiger partial charge < -0.3 is 14.7 Å². The molecule has 3 aromatic carbocycles. The lowest BCUT2D eigenvalue weighted by Gasteiger charge is -2.38. The lowest BCUT2D eigenvalue weighted by atomic mass is 9.88. The molecule has 0 fully saturated rings. The Hall–Kier alpha value is -4.00. The van der Waals surface area contributed by atoms with Crippen LogP contribution in [0.1, 0.15) is 24.0 Å². The first-order valence-corrected chi connectivity index (χ1v) is 10.7. The molecule has 0 atom stereocenters. The summed E-state index contributed by atoms with van der Waals surface area (Å²) in [4.78, 5) is 2.30. The van der Waals surface area contributed by atoms with Crippen LogP contribution in [0.25, 0.3) is 0 Å². The van der Waals surface area contributed by atoms with Crippen molar-refractivity contribution in [2.45, 2.75) is 12.8 Å². The van der Waals surface area contributed by atoms with Gasteiger partial charge in [0.2, 0.25) is 0 Å². The molecule has 7 nitrogen and oxygen atoms in total. The molecule has 0 amide bonds. The molecule has 3 N–H and O–H groups in total. The van der Waals surface area contributed by atoms with Crippen LogP contribution in [0, 0.1) is 0 Å². The van der Waals surface area contributed by atoms with E-state index in [9.17, 15) is 5.11 Å². The normalized spacial score (nSPS) is 17.2. The first kappa shape index (κ1) is 19.9. The van der Waals surface area contributed by atoms with Crippen LogP contribution in [0.5, 0.6) is 11.5 Å². The zero-order valence-corrected chi connectivity index (χ0v) is 17.9. The number of nitrogens with one attached hydrogen (secondary N) is 2. The zero-order valence-electron chi connectivity index (χ0n) is 17.9. The summed E-state index contributed by atoms with van der Waals surface area (Å²) in [5, 5.41) is 20.4. The van der Waals surface area contributed by atoms with Crippen LogP contribution in [0.2, 0.25) is 0 Å². The number of ether oxygens (including phenoxy) is 1. The molecular weight excluding hydrogens is 402 g/mol. The maximum Gasteiger partial charge on any atom is 0.169 e. The van der Waals surface area contributed by atoms with Gasteiger partial charge in [-0.2, -0.15) is 10.2 Å². The fraction of sp³-hybridized carbons (Fsp3) is 0.200. The van der Waals surface area contributed by atoms with Crippen molar-refractivity contribution in [3.8, 4) is 11.5 Å². The molecule has 0 saturated heterocycles. The number of para-hydroxylation sites is 2. The van der Waals surface area contributed by atoms with E-state index in [-0.39, 0.29) is 5.75 Å². The van der Waals surface area contributed by atoms with E-state index >= 15 is 0 Å². The number of aromatic hydroxyl groups is 1. The molecule has 5 rings (SSSR count). The molecule has 0 aromatic heterocycles. The number of rotatable bonds is 5. The third-order valence-electron chi connectivity index (χ3n) is 5.80. The van der Waals surface area contributed by atoms with Gasteiger partial charge in [-0.3, -0.25) is 10.9 Å². The molecule has 0 radical (unpaired) electrons. The molecule has 0 saturated carbocycles. The van der Waals surface area contributed by atoms with Gasteiger partial charge in [0.25, 0.3) is 0 Å². The summed E-state index contributed by atoms with van der Waals surface area (Å²) in [6, 6.07) is 21.5. The van der Waals surface area contributed by atoms with Crippen molar-refractivity contribution in [1.29, 1.82) is 0 Å². The van der Waals surface area contributed by atoms with Gasteiger partial charge in [-0.05, 0) is 30.3 Å². The number of phenolic OH excluding ortho intramolecular Hbond substituents is 1. The van der Waals surface area contributed by atoms with E-state index in [4.69, 9.17) is 9.84 Å². The standard InChI is InChI=1S/C25H25N5O2/c1-32-22-16-19-20(28-26-17-8-4-2-5-9-17)12-14-30-15-13-21(23(24(19)30)25(22)31)29-27-18-10-6-3-7-11-18/h2-11,16,26-27,31H,12-15H2,1H3/b28-20+,29-21+. The van der Waals surface area contributed by atoms with Crippen molar-refractivity contribution >= 4 is 28.5 Å². The predicted octanol–water partition coefficient (Wildman–Crippen LogP) is 4.65. The van der Waals surface area contributed by atoms with Gasteiger partial charge in [-0.15, -0.1) is 0 Å². The number of hydrogen-bond donors (Lipinski definition) is 3. The summed E-state index contributed by atoms with van der Waals surface area (Å²) in [7, 11) is 1.57. The van der Waals surface area contributed by atoms with Crippen LogP contribution in [0.3, 0.4) is 0 Å². The molecule has 32 heavy (non-hydrogen) atoms. The van der Waals surface area contributed by atoms with Gasteiger partial charge in [-0.1, -0.05) is 36.4 Å². The first-order valence-electron chi connectivity index (χ1n) is 10.7. The number of anilines is 3. The van der Waals surface area contributed by atoms with Crippen LogP contribution in [-0.4, -0.2) is 36.7 Å². The van der Waals surface area contributed by atoms with Gasteiger partial charge in [0.05, 0.1) is 41.2 Å². The van der Waals surface area contributed by atoms with Gasteiger partial charge in [0.1, 0.15) is 0 Å². The van der Waals surface area contributed by atoms with Crippen molar-refractivity contribution in [2.24, 2.45) is 10.2 Å². The fourth-order valence-corrected chi connectivity index (χ4v) is 4.21. The Labute approximate surface area is 187 Å². The number of methoxy groups -OCH3 is 1. The maximum absolute atomic E-state index is 11.0. The van der Waals surface area contributed by atoms with E-state index < -0.39 is 0 Å². The van der Waals surface area contributed by atoms with E-state index in [1.165, 1.54) is 0 Å². The molecule has 2 aliphatic heterocycles. The average Bonchev–Trinajstić information content (AvgIpc) is 2.85. The lowest BCUT2D eigenvalue weighted by molar-refractivity contribution is 0.372. The van der Waals surface area contributed by atoms with Gasteiger partial charge in [-0.25, -0.2) is 0 Å². The summed E-state index contributed by atoms with van der Waals surface area (Å²) in [6.45, 7) is 1.67. The molecule has 7 heteroatoms. The Kier molecular flexibility index (Phi) is 5.37. The molecule has 2 heterocycles. The van der Waals surface area contributed by atoms with Crippen molar-refractivity contribution in [2.75, 3.05) is 36.0 Å². The predicted molar refractivity (Wildman–Crippen MR) is 129 cm³/mol. The zero-order chi connectivity index (χ0) is 21.9. The van der Waals surface area contributed by atoms with Gasteiger partial charge in [0, 0.05) is 31.5 Å². The second kappa shape index (κ2) is 8.63. The summed E-state index contributed by atoms with van der Waals surface area (Å²) in [6.07, 6.45) is 1.52. The minimum atomic E-state index is 0.113. The van der Waals surface area contributed by atoms with E-state index in [0.717, 1.165) is 60.0 Å². The highest BCUT2D eigenvalue weighted by Crippen LogP contribution is 2.45. The Morgan fingerprint density at radius 3 is 2.00 bits per heavy atom. The Balaban J connectivity index is 1.57. The quantitative estimate of drug-likeness (QED) is 0.517. The highest BCUT2D eigenvalue weighted by atomic mass is 16.5. The smallest absolute Gasteiger partial charge is 0.169 e. The van der Waals surface area contributed by atoms with Crippen LogP contribution < -0.4 is 20.5 Å². The van der Waals surface area contributed by atoms with Gasteiger partial charge >= 0.3 is 0 Å². The molecule has 162 valence electrons. The van der Waals surface area contributed by atoms with Crippen molar-refractivity contribution in [1.82, 2.24) is 0 Å². The monoisotopic (exact) mass is 427 g/mol. The Morgan fingerprint density at radius 2 is 1.41 bits per heavy atom. The molecule has 0 aliphatic carbocycles. The third kappa shape index (κ3) is 3.73. The average molecular weight is 428 g/mol. The van der Waals surface area contributed by atoms with Crippen LogP contribution in [0.4, 0.5) is 17.1 Å². The van der Waals surface area contributed by atoms with Crippen LogP contribution >= 0.6 is 0 Å². The largest absolute Gasteiger partial charge is 0.504 e. The fourth-order valence-electron chi connectivity index (χ4n) is 4.21. The summed E-state index contributed by atoms with van der Waals surface area (Å²) in [5.41, 5.74) is 12.5. The number of hydrazone groups is 2. The summed E-state index contributed by atoms with van der Waals surface area (Å²) in [5.74, 6) is 0.532. The first-order chi connectivity index (χ1) is 15.7. The van der Waals surface area contributed by atoms with Crippen LogP contribution in [-0.2, 0) is 0 Å². The second-order valence-corrected chi connectivity index (χ2v) is 7.76. The number of phenols is 1. The third-order valence-corrected chi connectivity index (χ3v) is 5.80. The van der Waals surface area contributed by atoms with E-state index in [1.54, 1.807) is 7.11 Å². The minimum absolute atomic E-state index is 0.113. The maximum atomic E-state index is 11.0. The Morgan fingerprint density at radius 1 is 0.844 bits per heavy atom. The van der Waals surface area contributed by atoms with E-state index in [0.29, 0.717) is 11.3 Å². The molecule has 0 spiro atoms. The van der Waals surface area contributed by atoms with Crippen molar-refractivity contribution < 1.29 is 9.84 Å². The second-order valence-electron chi connectivity index (χ2n) is 7.76. The lowest BCUT2D eigenvalue weighted by Crippen LogP contribution is -2.39. The van der Waals surface area contributed by atoms with Gasteiger partial charge in [0.15, 0.2) is 11.5 Å². The van der Waals surface area contributed by atoms with Crippen LogP contribution in [0.15, 0.2) is 76.9 Å². The number of hydrogen-bond acceptors (Lipinski definition) is 7. The molecule has 2 aliphatic rings. The highest BCUT2D eigenvalue weighted by Gasteiger charge is 2.34. The van der Waals surface area contributed by atoms with Crippen molar-refractivity contribution in [3.05, 3.63) is 77.9 Å². The van der Waals surface area contributed by atoms with E-state index in [1.807, 2.05) is 66.7 Å². The molecule has 3 aromatic rings. The van der Waals surface area contributed by atoms with E-state index in [2.05, 4.69) is 20.9 Å². The molecular formula is C25H25N5O2. The number of benzene rings is 3. The summed E-state index contributed by atoms with van der Waals surface area (Å²) < 4.78 is 5.52. The topological polar surface area (TPSA) is 81.5 Å². The summed E-state index contributed by atoms with van der Waals surface area (Å²) >= 11 is 0. The SMILES string of the molecule is COc1cc2c3c(c1O)/C(=N/Nc1ccccc1)CCN3CC/C2=N\Nc1ccccc1. The molecule has 0 bridgehead atoms. The minimum Gasteiger partial charge on any atom is -0.504 e.